The van der Waals surface area contributed by atoms with Gasteiger partial charge in [-0.1, -0.05) is 41.7 Å². The molecule has 19 heavy (non-hydrogen) atoms. The van der Waals surface area contributed by atoms with E-state index in [2.05, 4.69) is 0 Å². The van der Waals surface area contributed by atoms with Crippen molar-refractivity contribution in [1.82, 2.24) is 0 Å². The van der Waals surface area contributed by atoms with E-state index in [1.165, 1.54) is 11.3 Å². The van der Waals surface area contributed by atoms with Crippen LogP contribution in [0.3, 0.4) is 0 Å². The summed E-state index contributed by atoms with van der Waals surface area (Å²) in [5.41, 5.74) is 1.71. The van der Waals surface area contributed by atoms with Crippen LogP contribution in [0.25, 0.3) is 21.2 Å². The highest BCUT2D eigenvalue weighted by Gasteiger charge is 2.06. The van der Waals surface area contributed by atoms with Gasteiger partial charge in [-0.15, -0.1) is 0 Å². The van der Waals surface area contributed by atoms with E-state index in [4.69, 9.17) is 4.74 Å². The minimum Gasteiger partial charge on any atom is -0.497 e. The van der Waals surface area contributed by atoms with Gasteiger partial charge in [-0.25, -0.2) is 0 Å². The molecule has 0 N–H and O–H groups in total. The summed E-state index contributed by atoms with van der Waals surface area (Å²) in [4.78, 5) is 12.2. The van der Waals surface area contributed by atoms with Gasteiger partial charge >= 0.3 is 0 Å². The van der Waals surface area contributed by atoms with E-state index in [0.29, 0.717) is 0 Å². The van der Waals surface area contributed by atoms with Gasteiger partial charge in [0.1, 0.15) is 5.75 Å². The van der Waals surface area contributed by atoms with Gasteiger partial charge in [0.15, 0.2) is 0 Å². The van der Waals surface area contributed by atoms with Crippen LogP contribution in [0.2, 0.25) is 0 Å². The fraction of sp³-hybridized carbons (Fsp3) is 0.0625. The van der Waals surface area contributed by atoms with Crippen LogP contribution in [-0.4, -0.2) is 7.11 Å². The summed E-state index contributed by atoms with van der Waals surface area (Å²) in [5.74, 6) is 0.774. The second-order valence-corrected chi connectivity index (χ2v) is 5.23. The SMILES string of the molecule is COc1ccc2cc(-c3ccccc3)c(=O)sc2c1. The molecule has 0 amide bonds. The molecule has 0 unspecified atom stereocenters. The van der Waals surface area contributed by atoms with Crippen LogP contribution < -0.4 is 9.48 Å². The first-order chi connectivity index (χ1) is 9.28. The smallest absolute Gasteiger partial charge is 0.240 e. The molecule has 0 fully saturated rings. The van der Waals surface area contributed by atoms with E-state index in [1.807, 2.05) is 54.6 Å². The normalized spacial score (nSPS) is 10.6. The number of hydrogen-bond acceptors (Lipinski definition) is 3. The fourth-order valence-electron chi connectivity index (χ4n) is 2.04. The summed E-state index contributed by atoms with van der Waals surface area (Å²) in [7, 11) is 1.63. The van der Waals surface area contributed by atoms with Crippen LogP contribution in [0, 0.1) is 0 Å². The molecule has 0 radical (unpaired) electrons. The second kappa shape index (κ2) is 4.86. The Morgan fingerprint density at radius 2 is 1.79 bits per heavy atom. The molecule has 3 rings (SSSR count). The maximum atomic E-state index is 12.2. The molecule has 0 bridgehead atoms. The lowest BCUT2D eigenvalue weighted by Crippen LogP contribution is -1.98. The molecular weight excluding hydrogens is 256 g/mol. The quantitative estimate of drug-likeness (QED) is 0.703. The first-order valence-electron chi connectivity index (χ1n) is 5.95. The van der Waals surface area contributed by atoms with Gasteiger partial charge in [-0.2, -0.15) is 0 Å². The van der Waals surface area contributed by atoms with E-state index in [1.54, 1.807) is 7.11 Å². The van der Waals surface area contributed by atoms with Crippen molar-refractivity contribution in [1.29, 1.82) is 0 Å². The topological polar surface area (TPSA) is 26.3 Å². The van der Waals surface area contributed by atoms with E-state index in [0.717, 1.165) is 27.0 Å². The van der Waals surface area contributed by atoms with Crippen molar-refractivity contribution in [2.45, 2.75) is 0 Å². The van der Waals surface area contributed by atoms with Gasteiger partial charge in [0.2, 0.25) is 4.74 Å². The van der Waals surface area contributed by atoms with Gasteiger partial charge < -0.3 is 4.74 Å². The average molecular weight is 268 g/mol. The first kappa shape index (κ1) is 11.9. The highest BCUT2D eigenvalue weighted by Crippen LogP contribution is 2.26. The lowest BCUT2D eigenvalue weighted by molar-refractivity contribution is 0.415. The Hall–Kier alpha value is -2.13. The van der Waals surface area contributed by atoms with Gasteiger partial charge in [-0.05, 0) is 35.2 Å². The fourth-order valence-corrected chi connectivity index (χ4v) is 2.94. The maximum Gasteiger partial charge on any atom is 0.240 e. The molecule has 0 atom stereocenters. The molecule has 3 heteroatoms. The number of hydrogen-bond donors (Lipinski definition) is 0. The molecule has 0 aliphatic carbocycles. The Morgan fingerprint density at radius 3 is 2.53 bits per heavy atom. The predicted octanol–water partition coefficient (Wildman–Crippen LogP) is 3.94. The van der Waals surface area contributed by atoms with E-state index >= 15 is 0 Å². The standard InChI is InChI=1S/C16H12O2S/c1-18-13-8-7-12-9-14(11-5-3-2-4-6-11)16(17)19-15(12)10-13/h2-10H,1H3. The molecule has 0 saturated heterocycles. The van der Waals surface area contributed by atoms with Crippen LogP contribution in [0.15, 0.2) is 59.4 Å². The van der Waals surface area contributed by atoms with Crippen LogP contribution >= 0.6 is 11.3 Å². The second-order valence-electron chi connectivity index (χ2n) is 4.22. The molecule has 0 spiro atoms. The molecule has 0 saturated carbocycles. The monoisotopic (exact) mass is 268 g/mol. The molecule has 2 aromatic carbocycles. The molecule has 3 aromatic rings. The van der Waals surface area contributed by atoms with Gasteiger partial charge in [0, 0.05) is 10.3 Å². The summed E-state index contributed by atoms with van der Waals surface area (Å²) in [6.45, 7) is 0. The molecule has 2 nitrogen and oxygen atoms in total. The van der Waals surface area contributed by atoms with E-state index in [-0.39, 0.29) is 4.74 Å². The summed E-state index contributed by atoms with van der Waals surface area (Å²) in [5, 5.41) is 1.06. The van der Waals surface area contributed by atoms with Crippen molar-refractivity contribution in [3.63, 3.8) is 0 Å². The molecule has 0 aliphatic heterocycles. The molecule has 1 aromatic heterocycles. The third-order valence-electron chi connectivity index (χ3n) is 3.03. The van der Waals surface area contributed by atoms with Gasteiger partial charge in [-0.3, -0.25) is 4.79 Å². The number of methoxy groups -OCH3 is 1. The highest BCUT2D eigenvalue weighted by molar-refractivity contribution is 7.16. The van der Waals surface area contributed by atoms with Crippen molar-refractivity contribution in [2.24, 2.45) is 0 Å². The van der Waals surface area contributed by atoms with Crippen LogP contribution in [0.4, 0.5) is 0 Å². The Morgan fingerprint density at radius 1 is 1.00 bits per heavy atom. The van der Waals surface area contributed by atoms with Gasteiger partial charge in [0.05, 0.1) is 7.11 Å². The van der Waals surface area contributed by atoms with Crippen LogP contribution in [-0.2, 0) is 0 Å². The van der Waals surface area contributed by atoms with Crippen molar-refractivity contribution in [2.75, 3.05) is 7.11 Å². The van der Waals surface area contributed by atoms with Crippen molar-refractivity contribution < 1.29 is 4.74 Å². The molecule has 1 heterocycles. The highest BCUT2D eigenvalue weighted by atomic mass is 32.1. The lowest BCUT2D eigenvalue weighted by Gasteiger charge is -2.04. The van der Waals surface area contributed by atoms with Crippen molar-refractivity contribution >= 4 is 21.4 Å². The minimum atomic E-state index is 0.0759. The third-order valence-corrected chi connectivity index (χ3v) is 4.01. The largest absolute Gasteiger partial charge is 0.497 e. The van der Waals surface area contributed by atoms with Gasteiger partial charge in [0.25, 0.3) is 0 Å². The Labute approximate surface area is 114 Å². The zero-order valence-electron chi connectivity index (χ0n) is 10.4. The minimum absolute atomic E-state index is 0.0759. The Balaban J connectivity index is 2.23. The summed E-state index contributed by atoms with van der Waals surface area (Å²) < 4.78 is 6.21. The lowest BCUT2D eigenvalue weighted by atomic mass is 10.1. The van der Waals surface area contributed by atoms with E-state index in [9.17, 15) is 4.79 Å². The molecule has 0 aliphatic rings. The summed E-state index contributed by atoms with van der Waals surface area (Å²) in [6, 6.07) is 17.5. The first-order valence-corrected chi connectivity index (χ1v) is 6.77. The maximum absolute atomic E-state index is 12.2. The van der Waals surface area contributed by atoms with E-state index < -0.39 is 0 Å². The number of ether oxygens (including phenoxy) is 1. The van der Waals surface area contributed by atoms with Crippen molar-refractivity contribution in [3.8, 4) is 16.9 Å². The summed E-state index contributed by atoms with van der Waals surface area (Å²) in [6.07, 6.45) is 0. The predicted molar refractivity (Wildman–Crippen MR) is 80.1 cm³/mol. The zero-order valence-corrected chi connectivity index (χ0v) is 11.2. The number of rotatable bonds is 2. The molecule has 94 valence electrons. The summed E-state index contributed by atoms with van der Waals surface area (Å²) >= 11 is 1.26. The van der Waals surface area contributed by atoms with Crippen LogP contribution in [0.5, 0.6) is 5.75 Å². The zero-order chi connectivity index (χ0) is 13.2. The number of fused-ring (bicyclic) bond motifs is 1. The number of benzene rings is 2. The Bertz CT molecular complexity index is 776. The average Bonchev–Trinajstić information content (AvgIpc) is 2.47. The van der Waals surface area contributed by atoms with Crippen LogP contribution in [0.1, 0.15) is 0 Å². The van der Waals surface area contributed by atoms with Crippen molar-refractivity contribution in [3.05, 3.63) is 64.1 Å². The third kappa shape index (κ3) is 2.25. The Kier molecular flexibility index (Phi) is 3.05. The molecular formula is C16H12O2S.